The average Bonchev–Trinajstić information content (AvgIpc) is 3.12. The maximum atomic E-state index is 13.4. The number of carbonyl (C=O) groups is 1. The van der Waals surface area contributed by atoms with Gasteiger partial charge in [-0.05, 0) is 41.5 Å². The summed E-state index contributed by atoms with van der Waals surface area (Å²) in [6.45, 7) is -0.0543. The van der Waals surface area contributed by atoms with E-state index in [4.69, 9.17) is 24.1 Å². The Labute approximate surface area is 242 Å². The van der Waals surface area contributed by atoms with E-state index in [2.05, 4.69) is 4.98 Å². The van der Waals surface area contributed by atoms with Gasteiger partial charge in [0, 0.05) is 23.9 Å². The molecule has 0 fully saturated rings. The van der Waals surface area contributed by atoms with Crippen LogP contribution in [0.4, 0.5) is 26.3 Å². The number of alkyl halides is 6. The maximum Gasteiger partial charge on any atom is 0.416 e. The van der Waals surface area contributed by atoms with Crippen LogP contribution in [0.1, 0.15) is 22.3 Å². The first-order chi connectivity index (χ1) is 20.5. The molecule has 4 rings (SSSR count). The molecule has 0 unspecified atom stereocenters. The van der Waals surface area contributed by atoms with E-state index in [1.165, 1.54) is 6.20 Å². The number of amides is 1. The zero-order valence-corrected chi connectivity index (χ0v) is 22.7. The number of carbonyl (C=O) groups excluding carboxylic acids is 1. The molecule has 0 spiro atoms. The molecule has 2 heterocycles. The molecule has 0 radical (unpaired) electrons. The Balaban J connectivity index is 1.57. The second-order valence-corrected chi connectivity index (χ2v) is 9.39. The molecule has 0 saturated carbocycles. The Morgan fingerprint density at radius 2 is 1.51 bits per heavy atom. The fourth-order valence-corrected chi connectivity index (χ4v) is 4.39. The summed E-state index contributed by atoms with van der Waals surface area (Å²) in [6, 6.07) is 9.88. The number of aliphatic hydroxyl groups is 1. The van der Waals surface area contributed by atoms with Crippen molar-refractivity contribution in [1.29, 1.82) is 0 Å². The fraction of sp³-hybridized carbons (Fsp3) is 0.379. The largest absolute Gasteiger partial charge is 0.491 e. The monoisotopic (exact) mass is 614 g/mol. The maximum absolute atomic E-state index is 13.4. The Morgan fingerprint density at radius 3 is 2.19 bits per heavy atom. The summed E-state index contributed by atoms with van der Waals surface area (Å²) < 4.78 is 103. The topological polar surface area (TPSA) is 90.4 Å². The number of hydrogen-bond donors (Lipinski definition) is 1. The lowest BCUT2D eigenvalue weighted by molar-refractivity contribution is -0.143. The van der Waals surface area contributed by atoms with Crippen LogP contribution in [-0.4, -0.2) is 67.1 Å². The van der Waals surface area contributed by atoms with Crippen LogP contribution in [0, 0.1) is 0 Å². The zero-order valence-electron chi connectivity index (χ0n) is 22.7. The van der Waals surface area contributed by atoms with Crippen LogP contribution < -0.4 is 9.47 Å². The molecule has 0 aliphatic carbocycles. The summed E-state index contributed by atoms with van der Waals surface area (Å²) in [5.74, 6) is -0.0696. The number of para-hydroxylation sites is 1. The molecule has 232 valence electrons. The lowest BCUT2D eigenvalue weighted by Crippen LogP contribution is -2.32. The molecule has 1 amide bonds. The molecule has 8 nitrogen and oxygen atoms in total. The summed E-state index contributed by atoms with van der Waals surface area (Å²) in [5, 5.41) is 8.72. The summed E-state index contributed by atoms with van der Waals surface area (Å²) >= 11 is 0. The quantitative estimate of drug-likeness (QED) is 0.224. The van der Waals surface area contributed by atoms with Gasteiger partial charge >= 0.3 is 12.4 Å². The molecular weight excluding hydrogens is 586 g/mol. The van der Waals surface area contributed by atoms with Crippen molar-refractivity contribution in [2.75, 3.05) is 46.2 Å². The number of nitrogens with zero attached hydrogens (tertiary/aromatic N) is 2. The number of rotatable bonds is 12. The van der Waals surface area contributed by atoms with E-state index in [0.717, 1.165) is 4.90 Å². The zero-order chi connectivity index (χ0) is 31.0. The van der Waals surface area contributed by atoms with Crippen LogP contribution in [0.5, 0.6) is 11.6 Å². The van der Waals surface area contributed by atoms with Crippen molar-refractivity contribution in [2.45, 2.75) is 25.4 Å². The Hall–Kier alpha value is -3.88. The molecule has 1 N–H and O–H groups in total. The highest BCUT2D eigenvalue weighted by Crippen LogP contribution is 2.39. The third-order valence-corrected chi connectivity index (χ3v) is 6.34. The van der Waals surface area contributed by atoms with Crippen LogP contribution in [0.25, 0.3) is 11.1 Å². The van der Waals surface area contributed by atoms with Crippen molar-refractivity contribution >= 4 is 5.91 Å². The minimum Gasteiger partial charge on any atom is -0.491 e. The fourth-order valence-electron chi connectivity index (χ4n) is 4.39. The van der Waals surface area contributed by atoms with Crippen molar-refractivity contribution in [3.05, 3.63) is 77.0 Å². The van der Waals surface area contributed by atoms with Crippen molar-refractivity contribution < 1.29 is 55.2 Å². The number of pyridine rings is 1. The van der Waals surface area contributed by atoms with Gasteiger partial charge in [-0.3, -0.25) is 4.79 Å². The second kappa shape index (κ2) is 14.1. The third-order valence-electron chi connectivity index (χ3n) is 6.34. The van der Waals surface area contributed by atoms with Gasteiger partial charge in [0.25, 0.3) is 5.91 Å². The highest BCUT2D eigenvalue weighted by Gasteiger charge is 2.37. The Kier molecular flexibility index (Phi) is 10.5. The number of benzene rings is 2. The molecule has 1 aromatic heterocycles. The van der Waals surface area contributed by atoms with Crippen LogP contribution in [-0.2, 0) is 39.7 Å². The number of halogens is 6. The van der Waals surface area contributed by atoms with E-state index < -0.39 is 42.5 Å². The van der Waals surface area contributed by atoms with Crippen molar-refractivity contribution in [3.63, 3.8) is 0 Å². The molecular formula is C29H28F6N2O6. The van der Waals surface area contributed by atoms with Gasteiger partial charge in [-0.1, -0.05) is 18.2 Å². The van der Waals surface area contributed by atoms with Crippen molar-refractivity contribution in [1.82, 2.24) is 9.88 Å². The summed E-state index contributed by atoms with van der Waals surface area (Å²) in [5.41, 5.74) is -1.71. The van der Waals surface area contributed by atoms with Gasteiger partial charge in [0.2, 0.25) is 5.88 Å². The van der Waals surface area contributed by atoms with E-state index in [1.54, 1.807) is 30.3 Å². The van der Waals surface area contributed by atoms with Crippen LogP contribution in [0.2, 0.25) is 0 Å². The summed E-state index contributed by atoms with van der Waals surface area (Å²) in [6.07, 6.45) is -8.58. The Bertz CT molecular complexity index is 1370. The van der Waals surface area contributed by atoms with E-state index in [9.17, 15) is 31.1 Å². The van der Waals surface area contributed by atoms with Crippen molar-refractivity contribution in [2.24, 2.45) is 0 Å². The molecule has 1 aliphatic rings. The number of aliphatic hydroxyl groups excluding tert-OH is 1. The van der Waals surface area contributed by atoms with Gasteiger partial charge in [0.15, 0.2) is 6.61 Å². The summed E-state index contributed by atoms with van der Waals surface area (Å²) in [7, 11) is 0. The highest BCUT2D eigenvalue weighted by atomic mass is 19.4. The third kappa shape index (κ3) is 8.58. The predicted molar refractivity (Wildman–Crippen MR) is 140 cm³/mol. The standard InChI is InChI=1S/C29H28F6N2O6/c30-28(31,32)20-13-19(14-21(15-20)29(33,34)35)16-37-17-24-22(5-6-36-27(24)43-18-26(37)39)23-3-1-2-4-25(23)42-12-11-41-10-9-40-8-7-38/h1-6,13-15,38H,7-12,16-18H2. The molecule has 0 saturated heterocycles. The number of hydrogen-bond acceptors (Lipinski definition) is 7. The number of fused-ring (bicyclic) bond motifs is 1. The molecule has 14 heteroatoms. The van der Waals surface area contributed by atoms with E-state index in [1.807, 2.05) is 0 Å². The lowest BCUT2D eigenvalue weighted by Gasteiger charge is -2.23. The normalized spacial score (nSPS) is 13.8. The molecule has 3 aromatic rings. The van der Waals surface area contributed by atoms with Gasteiger partial charge in [-0.25, -0.2) is 4.98 Å². The molecule has 0 atom stereocenters. The second-order valence-electron chi connectivity index (χ2n) is 9.39. The highest BCUT2D eigenvalue weighted by molar-refractivity contribution is 5.80. The van der Waals surface area contributed by atoms with Crippen LogP contribution in [0.15, 0.2) is 54.7 Å². The van der Waals surface area contributed by atoms with Crippen LogP contribution >= 0.6 is 0 Å². The smallest absolute Gasteiger partial charge is 0.416 e. The van der Waals surface area contributed by atoms with Crippen molar-refractivity contribution in [3.8, 4) is 22.8 Å². The molecule has 0 bridgehead atoms. The predicted octanol–water partition coefficient (Wildman–Crippen LogP) is 5.11. The van der Waals surface area contributed by atoms with Gasteiger partial charge in [-0.2, -0.15) is 26.3 Å². The van der Waals surface area contributed by atoms with Gasteiger partial charge in [-0.15, -0.1) is 0 Å². The van der Waals surface area contributed by atoms with Gasteiger partial charge in [0.1, 0.15) is 12.4 Å². The van der Waals surface area contributed by atoms with Gasteiger partial charge in [0.05, 0.1) is 50.7 Å². The first-order valence-corrected chi connectivity index (χ1v) is 13.1. The minimum atomic E-state index is -5.02. The molecule has 2 aromatic carbocycles. The minimum absolute atomic E-state index is 0.0429. The first kappa shape index (κ1) is 32.0. The molecule has 1 aliphatic heterocycles. The first-order valence-electron chi connectivity index (χ1n) is 13.1. The average molecular weight is 615 g/mol. The van der Waals surface area contributed by atoms with Crippen LogP contribution in [0.3, 0.4) is 0 Å². The van der Waals surface area contributed by atoms with E-state index >= 15 is 0 Å². The van der Waals surface area contributed by atoms with Gasteiger partial charge < -0.3 is 29.0 Å². The number of ether oxygens (including phenoxy) is 4. The molecule has 43 heavy (non-hydrogen) atoms. The SMILES string of the molecule is O=C1COc2nccc(-c3ccccc3OCCOCCOCCO)c2CN1Cc1cc(C(F)(F)F)cc(C(F)(F)F)c1. The summed E-state index contributed by atoms with van der Waals surface area (Å²) in [4.78, 5) is 18.2. The lowest BCUT2D eigenvalue weighted by atomic mass is 9.99. The van der Waals surface area contributed by atoms with E-state index in [0.29, 0.717) is 47.8 Å². The number of aromatic nitrogens is 1. The van der Waals surface area contributed by atoms with E-state index in [-0.39, 0.29) is 50.5 Å². The Morgan fingerprint density at radius 1 is 0.860 bits per heavy atom.